The Bertz CT molecular complexity index is 979. The first-order valence-corrected chi connectivity index (χ1v) is 8.90. The fourth-order valence-electron chi connectivity index (χ4n) is 2.67. The molecule has 0 spiro atoms. The summed E-state index contributed by atoms with van der Waals surface area (Å²) in [5.41, 5.74) is 1.71. The number of pyridine rings is 1. The topological polar surface area (TPSA) is 81.4 Å². The monoisotopic (exact) mass is 351 g/mol. The predicted octanol–water partition coefficient (Wildman–Crippen LogP) is 3.45. The number of aromatic nitrogens is 6. The van der Waals surface area contributed by atoms with Gasteiger partial charge in [0.2, 0.25) is 0 Å². The van der Waals surface area contributed by atoms with Gasteiger partial charge in [0.1, 0.15) is 10.8 Å². The Morgan fingerprint density at radius 1 is 1.20 bits per heavy atom. The molecule has 25 heavy (non-hydrogen) atoms. The van der Waals surface area contributed by atoms with Crippen molar-refractivity contribution >= 4 is 28.2 Å². The van der Waals surface area contributed by atoms with Crippen LogP contribution in [0.3, 0.4) is 0 Å². The van der Waals surface area contributed by atoms with Crippen molar-refractivity contribution in [2.75, 3.05) is 5.32 Å². The van der Waals surface area contributed by atoms with Crippen molar-refractivity contribution in [3.05, 3.63) is 47.3 Å². The molecule has 0 fully saturated rings. The summed E-state index contributed by atoms with van der Waals surface area (Å²) in [5.74, 6) is 1.42. The van der Waals surface area contributed by atoms with E-state index in [9.17, 15) is 0 Å². The summed E-state index contributed by atoms with van der Waals surface area (Å²) in [6, 6.07) is 3.91. The van der Waals surface area contributed by atoms with Crippen LogP contribution in [0.25, 0.3) is 22.4 Å². The highest BCUT2D eigenvalue weighted by molar-refractivity contribution is 7.09. The molecule has 1 N–H and O–H groups in total. The maximum Gasteiger partial charge on any atom is 0.164 e. The number of nitrogens with one attached hydrogen (secondary N) is 1. The largest absolute Gasteiger partial charge is 0.360 e. The molecule has 0 aliphatic heterocycles. The van der Waals surface area contributed by atoms with Crippen LogP contribution >= 0.6 is 11.3 Å². The molecule has 0 bridgehead atoms. The van der Waals surface area contributed by atoms with Crippen LogP contribution in [0.15, 0.2) is 42.3 Å². The average molecular weight is 351 g/mol. The lowest BCUT2D eigenvalue weighted by atomic mass is 10.2. The number of anilines is 1. The molecule has 0 radical (unpaired) electrons. The molecule has 8 heteroatoms. The summed E-state index contributed by atoms with van der Waals surface area (Å²) in [5, 5.41) is 11.8. The second kappa shape index (κ2) is 6.56. The summed E-state index contributed by atoms with van der Waals surface area (Å²) in [7, 11) is 1.88. The third kappa shape index (κ3) is 2.96. The maximum absolute atomic E-state index is 4.76. The number of hydrogen-bond acceptors (Lipinski definition) is 7. The van der Waals surface area contributed by atoms with E-state index in [1.165, 1.54) is 0 Å². The van der Waals surface area contributed by atoms with E-state index in [0.29, 0.717) is 5.82 Å². The molecule has 4 heterocycles. The van der Waals surface area contributed by atoms with E-state index in [1.54, 1.807) is 34.6 Å². The molecular weight excluding hydrogens is 334 g/mol. The van der Waals surface area contributed by atoms with E-state index < -0.39 is 0 Å². The molecule has 4 aromatic rings. The normalized spacial score (nSPS) is 12.4. The summed E-state index contributed by atoms with van der Waals surface area (Å²) in [6.07, 6.45) is 8.01. The third-order valence-corrected chi connectivity index (χ3v) is 4.89. The van der Waals surface area contributed by atoms with E-state index in [2.05, 4.69) is 32.3 Å². The zero-order valence-corrected chi connectivity index (χ0v) is 14.7. The smallest absolute Gasteiger partial charge is 0.164 e. The van der Waals surface area contributed by atoms with Gasteiger partial charge in [-0.3, -0.25) is 9.67 Å². The fraction of sp³-hybridized carbons (Fsp3) is 0.235. The van der Waals surface area contributed by atoms with Crippen LogP contribution in [0.5, 0.6) is 0 Å². The van der Waals surface area contributed by atoms with Gasteiger partial charge in [-0.05, 0) is 18.6 Å². The Balaban J connectivity index is 1.82. The lowest BCUT2D eigenvalue weighted by Gasteiger charge is -2.16. The van der Waals surface area contributed by atoms with Crippen LogP contribution in [0.4, 0.5) is 5.82 Å². The molecule has 0 saturated heterocycles. The highest BCUT2D eigenvalue weighted by Gasteiger charge is 2.18. The Kier molecular flexibility index (Phi) is 4.10. The van der Waals surface area contributed by atoms with E-state index in [-0.39, 0.29) is 6.04 Å². The first kappa shape index (κ1) is 15.6. The van der Waals surface area contributed by atoms with Gasteiger partial charge in [-0.15, -0.1) is 11.3 Å². The van der Waals surface area contributed by atoms with Crippen molar-refractivity contribution in [2.24, 2.45) is 7.05 Å². The lowest BCUT2D eigenvalue weighted by Crippen LogP contribution is -2.11. The molecule has 7 nitrogen and oxygen atoms in total. The molecule has 0 aliphatic rings. The number of hydrogen-bond donors (Lipinski definition) is 1. The molecule has 0 unspecified atom stereocenters. The van der Waals surface area contributed by atoms with Crippen LogP contribution in [0.1, 0.15) is 24.4 Å². The predicted molar refractivity (Wildman–Crippen MR) is 98.3 cm³/mol. The van der Waals surface area contributed by atoms with Gasteiger partial charge in [-0.1, -0.05) is 6.92 Å². The summed E-state index contributed by atoms with van der Waals surface area (Å²) < 4.78 is 1.76. The third-order valence-electron chi connectivity index (χ3n) is 4.00. The van der Waals surface area contributed by atoms with Gasteiger partial charge < -0.3 is 5.32 Å². The van der Waals surface area contributed by atoms with Gasteiger partial charge in [0.05, 0.1) is 17.6 Å². The Morgan fingerprint density at radius 2 is 2.04 bits per heavy atom. The zero-order chi connectivity index (χ0) is 17.2. The molecule has 0 saturated carbocycles. The van der Waals surface area contributed by atoms with Gasteiger partial charge in [-0.25, -0.2) is 15.0 Å². The van der Waals surface area contributed by atoms with Gasteiger partial charge in [0, 0.05) is 36.6 Å². The molecule has 4 rings (SSSR count). The number of fused-ring (bicyclic) bond motifs is 1. The van der Waals surface area contributed by atoms with E-state index in [4.69, 9.17) is 4.98 Å². The van der Waals surface area contributed by atoms with Gasteiger partial charge in [0.15, 0.2) is 11.5 Å². The molecule has 126 valence electrons. The van der Waals surface area contributed by atoms with Crippen molar-refractivity contribution in [3.63, 3.8) is 0 Å². The molecule has 0 amide bonds. The fourth-order valence-corrected chi connectivity index (χ4v) is 3.44. The summed E-state index contributed by atoms with van der Waals surface area (Å²) >= 11 is 1.64. The van der Waals surface area contributed by atoms with E-state index in [0.717, 1.165) is 33.8 Å². The first-order valence-electron chi connectivity index (χ1n) is 8.02. The summed E-state index contributed by atoms with van der Waals surface area (Å²) in [4.78, 5) is 17.9. The molecule has 4 aromatic heterocycles. The Morgan fingerprint density at radius 3 is 2.76 bits per heavy atom. The van der Waals surface area contributed by atoms with Crippen molar-refractivity contribution in [2.45, 2.75) is 19.4 Å². The highest BCUT2D eigenvalue weighted by atomic mass is 32.1. The highest BCUT2D eigenvalue weighted by Crippen LogP contribution is 2.29. The van der Waals surface area contributed by atoms with E-state index >= 15 is 0 Å². The van der Waals surface area contributed by atoms with Crippen LogP contribution in [-0.4, -0.2) is 29.7 Å². The minimum Gasteiger partial charge on any atom is -0.360 e. The molecule has 1 atom stereocenters. The standard InChI is InChI=1S/C17H17N7S/c1-3-13(17-19-8-9-25-17)21-15-12-10-20-24(2)16(12)23-14(22-15)11-4-6-18-7-5-11/h4-10,13H,3H2,1-2H3,(H,21,22,23)/t13-/m1/s1. The zero-order valence-electron chi connectivity index (χ0n) is 13.9. The molecule has 0 aromatic carbocycles. The maximum atomic E-state index is 4.76. The van der Waals surface area contributed by atoms with Crippen LogP contribution in [0.2, 0.25) is 0 Å². The van der Waals surface area contributed by atoms with E-state index in [1.807, 2.05) is 30.8 Å². The number of thiazole rings is 1. The van der Waals surface area contributed by atoms with Crippen molar-refractivity contribution < 1.29 is 0 Å². The Labute approximate surface area is 148 Å². The Hall–Kier alpha value is -2.87. The number of nitrogens with zero attached hydrogens (tertiary/aromatic N) is 6. The lowest BCUT2D eigenvalue weighted by molar-refractivity contribution is 0.738. The van der Waals surface area contributed by atoms with Gasteiger partial charge in [0.25, 0.3) is 0 Å². The second-order valence-electron chi connectivity index (χ2n) is 5.61. The minimum absolute atomic E-state index is 0.101. The van der Waals surface area contributed by atoms with Gasteiger partial charge in [-0.2, -0.15) is 5.10 Å². The summed E-state index contributed by atoms with van der Waals surface area (Å²) in [6.45, 7) is 2.13. The molecule has 0 aliphatic carbocycles. The average Bonchev–Trinajstić information content (AvgIpc) is 3.31. The van der Waals surface area contributed by atoms with Crippen molar-refractivity contribution in [3.8, 4) is 11.4 Å². The number of rotatable bonds is 5. The van der Waals surface area contributed by atoms with Crippen LogP contribution < -0.4 is 5.32 Å². The van der Waals surface area contributed by atoms with Crippen LogP contribution in [-0.2, 0) is 7.05 Å². The van der Waals surface area contributed by atoms with Crippen molar-refractivity contribution in [1.82, 2.24) is 29.7 Å². The second-order valence-corrected chi connectivity index (χ2v) is 6.54. The SMILES string of the molecule is CC[C@@H](Nc1nc(-c2ccncc2)nc2c1cnn2C)c1nccs1. The quantitative estimate of drug-likeness (QED) is 0.593. The van der Waals surface area contributed by atoms with Crippen LogP contribution in [0, 0.1) is 0 Å². The van der Waals surface area contributed by atoms with Crippen molar-refractivity contribution in [1.29, 1.82) is 0 Å². The number of aryl methyl sites for hydroxylation is 1. The minimum atomic E-state index is 0.101. The molecular formula is C17H17N7S. The first-order chi connectivity index (χ1) is 12.3. The van der Waals surface area contributed by atoms with Gasteiger partial charge >= 0.3 is 0 Å².